The van der Waals surface area contributed by atoms with Gasteiger partial charge in [0, 0.05) is 5.02 Å². The van der Waals surface area contributed by atoms with Gasteiger partial charge in [-0.15, -0.1) is 0 Å². The number of benzene rings is 3. The van der Waals surface area contributed by atoms with Crippen molar-refractivity contribution in [1.82, 2.24) is 0 Å². The van der Waals surface area contributed by atoms with E-state index in [1.165, 1.54) is 0 Å². The summed E-state index contributed by atoms with van der Waals surface area (Å²) in [5.74, 6) is 1.39. The van der Waals surface area contributed by atoms with Crippen LogP contribution in [0.15, 0.2) is 71.8 Å². The standard InChI is InChI=1S/C21H18Cl2N2O2/c1-26-21-10-9-18(12-20(21)23)25-24-13-16-3-2-4-19(11-16)27-14-15-5-7-17(22)8-6-15/h2-13,25H,14H2,1H3/b24-13+. The molecule has 27 heavy (non-hydrogen) atoms. The average molecular weight is 401 g/mol. The van der Waals surface area contributed by atoms with E-state index in [2.05, 4.69) is 10.5 Å². The summed E-state index contributed by atoms with van der Waals surface area (Å²) in [7, 11) is 1.58. The topological polar surface area (TPSA) is 42.8 Å². The SMILES string of the molecule is COc1ccc(N/N=C/c2cccc(OCc3ccc(Cl)cc3)c2)cc1Cl. The lowest BCUT2D eigenvalue weighted by atomic mass is 10.2. The number of nitrogens with one attached hydrogen (secondary N) is 1. The van der Waals surface area contributed by atoms with Crippen molar-refractivity contribution in [3.8, 4) is 11.5 Å². The Hall–Kier alpha value is -2.69. The summed E-state index contributed by atoms with van der Waals surface area (Å²) >= 11 is 12.0. The van der Waals surface area contributed by atoms with Crippen molar-refractivity contribution >= 4 is 35.1 Å². The van der Waals surface area contributed by atoms with Crippen molar-refractivity contribution in [1.29, 1.82) is 0 Å². The van der Waals surface area contributed by atoms with Crippen LogP contribution in [0, 0.1) is 0 Å². The second kappa shape index (κ2) is 9.31. The third kappa shape index (κ3) is 5.64. The van der Waals surface area contributed by atoms with Crippen LogP contribution in [0.1, 0.15) is 11.1 Å². The summed E-state index contributed by atoms with van der Waals surface area (Å²) in [5.41, 5.74) is 5.68. The molecule has 0 amide bonds. The Morgan fingerprint density at radius 2 is 1.81 bits per heavy atom. The number of hydrogen-bond donors (Lipinski definition) is 1. The highest BCUT2D eigenvalue weighted by atomic mass is 35.5. The fourth-order valence-corrected chi connectivity index (χ4v) is 2.73. The number of rotatable bonds is 7. The fraction of sp³-hybridized carbons (Fsp3) is 0.0952. The highest BCUT2D eigenvalue weighted by Crippen LogP contribution is 2.27. The van der Waals surface area contributed by atoms with Gasteiger partial charge in [-0.05, 0) is 53.6 Å². The number of hydrazone groups is 1. The summed E-state index contributed by atoms with van der Waals surface area (Å²) in [5, 5.41) is 5.47. The van der Waals surface area contributed by atoms with Crippen LogP contribution in [0.2, 0.25) is 10.0 Å². The first-order chi connectivity index (χ1) is 13.1. The Kier molecular flexibility index (Phi) is 6.58. The third-order valence-electron chi connectivity index (χ3n) is 3.74. The molecule has 0 heterocycles. The lowest BCUT2D eigenvalue weighted by Crippen LogP contribution is -1.96. The number of halogens is 2. The molecule has 0 radical (unpaired) electrons. The molecule has 0 atom stereocenters. The molecule has 0 saturated heterocycles. The molecule has 0 aliphatic carbocycles. The maximum absolute atomic E-state index is 6.10. The van der Waals surface area contributed by atoms with Gasteiger partial charge in [-0.3, -0.25) is 5.43 Å². The van der Waals surface area contributed by atoms with Gasteiger partial charge in [-0.1, -0.05) is 47.5 Å². The number of anilines is 1. The molecule has 0 saturated carbocycles. The molecule has 3 aromatic rings. The maximum Gasteiger partial charge on any atom is 0.137 e. The molecule has 0 aliphatic heterocycles. The van der Waals surface area contributed by atoms with Crippen LogP contribution in [0.4, 0.5) is 5.69 Å². The molecule has 6 heteroatoms. The van der Waals surface area contributed by atoms with Crippen LogP contribution in [0.3, 0.4) is 0 Å². The van der Waals surface area contributed by atoms with Gasteiger partial charge in [0.05, 0.1) is 24.0 Å². The first kappa shape index (κ1) is 19.1. The molecule has 0 unspecified atom stereocenters. The number of ether oxygens (including phenoxy) is 2. The molecule has 4 nitrogen and oxygen atoms in total. The highest BCUT2D eigenvalue weighted by molar-refractivity contribution is 6.32. The minimum Gasteiger partial charge on any atom is -0.495 e. The first-order valence-corrected chi connectivity index (χ1v) is 8.99. The van der Waals surface area contributed by atoms with Gasteiger partial charge in [0.15, 0.2) is 0 Å². The van der Waals surface area contributed by atoms with E-state index in [9.17, 15) is 0 Å². The smallest absolute Gasteiger partial charge is 0.137 e. The van der Waals surface area contributed by atoms with E-state index in [0.29, 0.717) is 22.4 Å². The molecule has 0 fully saturated rings. The zero-order chi connectivity index (χ0) is 19.1. The van der Waals surface area contributed by atoms with E-state index < -0.39 is 0 Å². The minimum atomic E-state index is 0.473. The second-order valence-corrected chi connectivity index (χ2v) is 6.55. The summed E-state index contributed by atoms with van der Waals surface area (Å²) in [4.78, 5) is 0. The van der Waals surface area contributed by atoms with Gasteiger partial charge in [-0.2, -0.15) is 5.10 Å². The molecule has 0 spiro atoms. The number of hydrogen-bond acceptors (Lipinski definition) is 4. The Morgan fingerprint density at radius 3 is 2.56 bits per heavy atom. The van der Waals surface area contributed by atoms with Gasteiger partial charge in [0.25, 0.3) is 0 Å². The molecule has 3 aromatic carbocycles. The largest absolute Gasteiger partial charge is 0.495 e. The maximum atomic E-state index is 6.10. The van der Waals surface area contributed by atoms with E-state index in [-0.39, 0.29) is 0 Å². The first-order valence-electron chi connectivity index (χ1n) is 8.24. The molecule has 0 aliphatic rings. The Labute approximate surface area is 168 Å². The monoisotopic (exact) mass is 400 g/mol. The molecule has 3 rings (SSSR count). The molecule has 0 aromatic heterocycles. The summed E-state index contributed by atoms with van der Waals surface area (Å²) in [6, 6.07) is 20.6. The molecule has 1 N–H and O–H groups in total. The number of nitrogens with zero attached hydrogens (tertiary/aromatic N) is 1. The van der Waals surface area contributed by atoms with Crippen molar-refractivity contribution in [3.63, 3.8) is 0 Å². The predicted molar refractivity (Wildman–Crippen MR) is 111 cm³/mol. The minimum absolute atomic E-state index is 0.473. The van der Waals surface area contributed by atoms with Crippen LogP contribution < -0.4 is 14.9 Å². The van der Waals surface area contributed by atoms with Crippen molar-refractivity contribution < 1.29 is 9.47 Å². The van der Waals surface area contributed by atoms with E-state index in [1.807, 2.05) is 54.6 Å². The zero-order valence-corrected chi connectivity index (χ0v) is 16.2. The van der Waals surface area contributed by atoms with Gasteiger partial charge in [-0.25, -0.2) is 0 Å². The van der Waals surface area contributed by atoms with Gasteiger partial charge in [0.2, 0.25) is 0 Å². The normalized spacial score (nSPS) is 10.8. The summed E-state index contributed by atoms with van der Waals surface area (Å²) in [6.45, 7) is 0.473. The van der Waals surface area contributed by atoms with Crippen molar-refractivity contribution in [2.45, 2.75) is 6.61 Å². The van der Waals surface area contributed by atoms with Gasteiger partial charge >= 0.3 is 0 Å². The van der Waals surface area contributed by atoms with E-state index in [0.717, 1.165) is 22.6 Å². The number of methoxy groups -OCH3 is 1. The predicted octanol–water partition coefficient (Wildman–Crippen LogP) is 6.03. The van der Waals surface area contributed by atoms with Gasteiger partial charge in [0.1, 0.15) is 18.1 Å². The molecular weight excluding hydrogens is 383 g/mol. The molecule has 0 bridgehead atoms. The molecule has 138 valence electrons. The van der Waals surface area contributed by atoms with Gasteiger partial charge < -0.3 is 9.47 Å². The van der Waals surface area contributed by atoms with Crippen LogP contribution >= 0.6 is 23.2 Å². The third-order valence-corrected chi connectivity index (χ3v) is 4.28. The Balaban J connectivity index is 1.59. The van der Waals surface area contributed by atoms with Crippen molar-refractivity contribution in [2.75, 3.05) is 12.5 Å². The lowest BCUT2D eigenvalue weighted by molar-refractivity contribution is 0.306. The quantitative estimate of drug-likeness (QED) is 0.389. The van der Waals surface area contributed by atoms with Crippen LogP contribution in [0.25, 0.3) is 0 Å². The summed E-state index contributed by atoms with van der Waals surface area (Å²) < 4.78 is 11.0. The van der Waals surface area contributed by atoms with E-state index in [4.69, 9.17) is 32.7 Å². The average Bonchev–Trinajstić information content (AvgIpc) is 2.68. The second-order valence-electron chi connectivity index (χ2n) is 5.71. The summed E-state index contributed by atoms with van der Waals surface area (Å²) in [6.07, 6.45) is 1.72. The Bertz CT molecular complexity index is 928. The van der Waals surface area contributed by atoms with E-state index >= 15 is 0 Å². The lowest BCUT2D eigenvalue weighted by Gasteiger charge is -2.07. The van der Waals surface area contributed by atoms with Crippen LogP contribution in [-0.4, -0.2) is 13.3 Å². The molecular formula is C21H18Cl2N2O2. The zero-order valence-electron chi connectivity index (χ0n) is 14.7. The van der Waals surface area contributed by atoms with Crippen LogP contribution in [0.5, 0.6) is 11.5 Å². The van der Waals surface area contributed by atoms with Crippen molar-refractivity contribution in [2.24, 2.45) is 5.10 Å². The Morgan fingerprint density at radius 1 is 1.00 bits per heavy atom. The van der Waals surface area contributed by atoms with Crippen LogP contribution in [-0.2, 0) is 6.61 Å². The van der Waals surface area contributed by atoms with Crippen molar-refractivity contribution in [3.05, 3.63) is 87.9 Å². The fourth-order valence-electron chi connectivity index (χ4n) is 2.35. The highest BCUT2D eigenvalue weighted by Gasteiger charge is 2.01. The van der Waals surface area contributed by atoms with E-state index in [1.54, 1.807) is 25.5 Å².